The molecule has 1 saturated heterocycles. The first-order chi connectivity index (χ1) is 14.6. The SMILES string of the molecule is O=C(Cn1c(CCNC(=O)C2CCCO2)nc2ccccc21)Nc1ccccc1F. The Hall–Kier alpha value is -3.26. The molecular formula is C22H23FN4O3. The molecule has 0 radical (unpaired) electrons. The molecule has 1 fully saturated rings. The molecule has 2 heterocycles. The molecule has 4 rings (SSSR count). The third-order valence-corrected chi connectivity index (χ3v) is 5.05. The highest BCUT2D eigenvalue weighted by atomic mass is 19.1. The number of carbonyl (C=O) groups is 2. The topological polar surface area (TPSA) is 85.2 Å². The Labute approximate surface area is 173 Å². The molecule has 8 heteroatoms. The van der Waals surface area contributed by atoms with Gasteiger partial charge in [0.25, 0.3) is 0 Å². The molecule has 0 saturated carbocycles. The number of benzene rings is 2. The molecule has 3 aromatic rings. The lowest BCUT2D eigenvalue weighted by atomic mass is 10.2. The number of anilines is 1. The van der Waals surface area contributed by atoms with Gasteiger partial charge in [0.05, 0.1) is 16.7 Å². The Morgan fingerprint density at radius 1 is 1.17 bits per heavy atom. The molecule has 0 aliphatic carbocycles. The van der Waals surface area contributed by atoms with E-state index in [2.05, 4.69) is 15.6 Å². The number of hydrogen-bond acceptors (Lipinski definition) is 4. The summed E-state index contributed by atoms with van der Waals surface area (Å²) >= 11 is 0. The van der Waals surface area contributed by atoms with E-state index in [0.29, 0.717) is 25.4 Å². The van der Waals surface area contributed by atoms with Crippen molar-refractivity contribution in [1.82, 2.24) is 14.9 Å². The Kier molecular flexibility index (Phi) is 6.04. The minimum Gasteiger partial charge on any atom is -0.368 e. The highest BCUT2D eigenvalue weighted by Gasteiger charge is 2.23. The van der Waals surface area contributed by atoms with E-state index in [0.717, 1.165) is 23.9 Å². The van der Waals surface area contributed by atoms with E-state index in [1.54, 1.807) is 16.7 Å². The lowest BCUT2D eigenvalue weighted by molar-refractivity contribution is -0.130. The van der Waals surface area contributed by atoms with Gasteiger partial charge in [0.1, 0.15) is 24.3 Å². The molecule has 7 nitrogen and oxygen atoms in total. The van der Waals surface area contributed by atoms with Crippen LogP contribution in [0.2, 0.25) is 0 Å². The number of carbonyl (C=O) groups excluding carboxylic acids is 2. The Bertz CT molecular complexity index is 1060. The van der Waals surface area contributed by atoms with E-state index in [1.165, 1.54) is 12.1 Å². The summed E-state index contributed by atoms with van der Waals surface area (Å²) in [6, 6.07) is 13.5. The van der Waals surface area contributed by atoms with Gasteiger partial charge in [0.2, 0.25) is 11.8 Å². The number of imidazole rings is 1. The van der Waals surface area contributed by atoms with Gasteiger partial charge < -0.3 is 19.9 Å². The van der Waals surface area contributed by atoms with Gasteiger partial charge in [0.15, 0.2) is 0 Å². The zero-order valence-electron chi connectivity index (χ0n) is 16.4. The Morgan fingerprint density at radius 3 is 2.77 bits per heavy atom. The fourth-order valence-electron chi connectivity index (χ4n) is 3.58. The van der Waals surface area contributed by atoms with Crippen molar-refractivity contribution in [3.63, 3.8) is 0 Å². The van der Waals surface area contributed by atoms with Gasteiger partial charge in [-0.15, -0.1) is 0 Å². The molecule has 156 valence electrons. The largest absolute Gasteiger partial charge is 0.368 e. The van der Waals surface area contributed by atoms with E-state index < -0.39 is 5.82 Å². The summed E-state index contributed by atoms with van der Waals surface area (Å²) in [7, 11) is 0. The summed E-state index contributed by atoms with van der Waals surface area (Å²) in [5.74, 6) is -0.286. The number of amides is 2. The van der Waals surface area contributed by atoms with E-state index >= 15 is 0 Å². The number of ether oxygens (including phenoxy) is 1. The molecule has 2 aromatic carbocycles. The van der Waals surface area contributed by atoms with Gasteiger partial charge in [-0.25, -0.2) is 9.37 Å². The van der Waals surface area contributed by atoms with E-state index in [1.807, 2.05) is 24.3 Å². The molecule has 1 unspecified atom stereocenters. The van der Waals surface area contributed by atoms with Gasteiger partial charge in [-0.2, -0.15) is 0 Å². The van der Waals surface area contributed by atoms with Gasteiger partial charge in [-0.05, 0) is 37.1 Å². The van der Waals surface area contributed by atoms with Crippen molar-refractivity contribution in [1.29, 1.82) is 0 Å². The quantitative estimate of drug-likeness (QED) is 0.627. The van der Waals surface area contributed by atoms with Gasteiger partial charge in [-0.1, -0.05) is 24.3 Å². The summed E-state index contributed by atoms with van der Waals surface area (Å²) in [4.78, 5) is 29.3. The predicted octanol–water partition coefficient (Wildman–Crippen LogP) is 2.65. The molecule has 1 aliphatic heterocycles. The van der Waals surface area contributed by atoms with Crippen LogP contribution >= 0.6 is 0 Å². The number of para-hydroxylation sites is 3. The molecule has 30 heavy (non-hydrogen) atoms. The van der Waals surface area contributed by atoms with Crippen LogP contribution in [0.5, 0.6) is 0 Å². The van der Waals surface area contributed by atoms with Crippen molar-refractivity contribution >= 4 is 28.5 Å². The summed E-state index contributed by atoms with van der Waals surface area (Å²) in [5, 5.41) is 5.48. The summed E-state index contributed by atoms with van der Waals surface area (Å²) < 4.78 is 21.0. The monoisotopic (exact) mass is 410 g/mol. The van der Waals surface area contributed by atoms with Crippen molar-refractivity contribution in [2.45, 2.75) is 31.9 Å². The minimum atomic E-state index is -0.488. The molecular weight excluding hydrogens is 387 g/mol. The van der Waals surface area contributed by atoms with Crippen LogP contribution in [-0.4, -0.2) is 40.6 Å². The predicted molar refractivity (Wildman–Crippen MR) is 110 cm³/mol. The van der Waals surface area contributed by atoms with Crippen LogP contribution in [0.4, 0.5) is 10.1 Å². The third kappa shape index (κ3) is 4.49. The first kappa shape index (κ1) is 20.0. The molecule has 2 N–H and O–H groups in total. The number of halogens is 1. The molecule has 1 aliphatic rings. The highest BCUT2D eigenvalue weighted by Crippen LogP contribution is 2.18. The number of rotatable bonds is 7. The summed E-state index contributed by atoms with van der Waals surface area (Å²) in [5.41, 5.74) is 1.70. The van der Waals surface area contributed by atoms with Crippen molar-refractivity contribution in [2.75, 3.05) is 18.5 Å². The number of aromatic nitrogens is 2. The normalized spacial score (nSPS) is 16.0. The van der Waals surface area contributed by atoms with E-state index in [9.17, 15) is 14.0 Å². The van der Waals surface area contributed by atoms with Gasteiger partial charge in [-0.3, -0.25) is 9.59 Å². The fourth-order valence-corrected chi connectivity index (χ4v) is 3.58. The van der Waals surface area contributed by atoms with Crippen LogP contribution in [-0.2, 0) is 27.3 Å². The Morgan fingerprint density at radius 2 is 1.97 bits per heavy atom. The molecule has 2 amide bonds. The smallest absolute Gasteiger partial charge is 0.249 e. The minimum absolute atomic E-state index is 0.0101. The molecule has 1 aromatic heterocycles. The maximum Gasteiger partial charge on any atom is 0.249 e. The number of hydrogen-bond donors (Lipinski definition) is 2. The fraction of sp³-hybridized carbons (Fsp3) is 0.318. The first-order valence-electron chi connectivity index (χ1n) is 9.99. The maximum absolute atomic E-state index is 13.8. The average molecular weight is 410 g/mol. The highest BCUT2D eigenvalue weighted by molar-refractivity contribution is 5.91. The molecule has 1 atom stereocenters. The van der Waals surface area contributed by atoms with E-state index in [-0.39, 0.29) is 30.2 Å². The Balaban J connectivity index is 1.46. The van der Waals surface area contributed by atoms with Crippen molar-refractivity contribution < 1.29 is 18.7 Å². The van der Waals surface area contributed by atoms with Crippen LogP contribution < -0.4 is 10.6 Å². The van der Waals surface area contributed by atoms with Crippen molar-refractivity contribution in [3.8, 4) is 0 Å². The first-order valence-corrected chi connectivity index (χ1v) is 9.99. The summed E-state index contributed by atoms with van der Waals surface area (Å²) in [6.07, 6.45) is 1.71. The van der Waals surface area contributed by atoms with Crippen LogP contribution in [0.25, 0.3) is 11.0 Å². The number of fused-ring (bicyclic) bond motifs is 1. The third-order valence-electron chi connectivity index (χ3n) is 5.05. The maximum atomic E-state index is 13.8. The lowest BCUT2D eigenvalue weighted by Gasteiger charge is -2.12. The number of nitrogens with one attached hydrogen (secondary N) is 2. The van der Waals surface area contributed by atoms with Crippen molar-refractivity contribution in [2.24, 2.45) is 0 Å². The summed E-state index contributed by atoms with van der Waals surface area (Å²) in [6.45, 7) is 0.992. The zero-order chi connectivity index (χ0) is 20.9. The van der Waals surface area contributed by atoms with E-state index in [4.69, 9.17) is 4.74 Å². The van der Waals surface area contributed by atoms with Crippen LogP contribution in [0.1, 0.15) is 18.7 Å². The van der Waals surface area contributed by atoms with Gasteiger partial charge >= 0.3 is 0 Å². The second-order valence-electron chi connectivity index (χ2n) is 7.17. The molecule has 0 bridgehead atoms. The second kappa shape index (κ2) is 9.04. The van der Waals surface area contributed by atoms with Crippen LogP contribution in [0.3, 0.4) is 0 Å². The van der Waals surface area contributed by atoms with Crippen LogP contribution in [0.15, 0.2) is 48.5 Å². The van der Waals surface area contributed by atoms with Crippen molar-refractivity contribution in [3.05, 3.63) is 60.2 Å². The van der Waals surface area contributed by atoms with Gasteiger partial charge in [0, 0.05) is 19.6 Å². The molecule has 0 spiro atoms. The standard InChI is InChI=1S/C22H23FN4O3/c23-15-6-1-2-7-16(15)26-21(28)14-27-18-9-4-3-8-17(18)25-20(27)11-12-24-22(29)19-10-5-13-30-19/h1-4,6-9,19H,5,10-14H2,(H,24,29)(H,26,28). The second-order valence-corrected chi connectivity index (χ2v) is 7.17. The van der Waals surface area contributed by atoms with Crippen LogP contribution in [0, 0.1) is 5.82 Å². The zero-order valence-corrected chi connectivity index (χ0v) is 16.4. The lowest BCUT2D eigenvalue weighted by Crippen LogP contribution is -2.35. The average Bonchev–Trinajstić information content (AvgIpc) is 3.39. The number of nitrogens with zero attached hydrogens (tertiary/aromatic N) is 2.